The van der Waals surface area contributed by atoms with E-state index in [1.165, 1.54) is 6.42 Å². The summed E-state index contributed by atoms with van der Waals surface area (Å²) in [6, 6.07) is 0.972. The van der Waals surface area contributed by atoms with Crippen molar-refractivity contribution in [3.63, 3.8) is 0 Å². The zero-order valence-corrected chi connectivity index (χ0v) is 8.75. The highest BCUT2D eigenvalue weighted by atomic mass is 15.3. The average Bonchev–Trinajstić information content (AvgIpc) is 2.80. The van der Waals surface area contributed by atoms with E-state index in [0.29, 0.717) is 5.54 Å². The van der Waals surface area contributed by atoms with Gasteiger partial charge in [0.15, 0.2) is 0 Å². The maximum absolute atomic E-state index is 3.74. The van der Waals surface area contributed by atoms with Gasteiger partial charge in [0, 0.05) is 11.6 Å². The molecule has 0 aromatic rings. The van der Waals surface area contributed by atoms with Crippen molar-refractivity contribution in [2.24, 2.45) is 35.5 Å². The van der Waals surface area contributed by atoms with Crippen LogP contribution < -0.4 is 5.32 Å². The molecule has 4 rings (SSSR count). The summed E-state index contributed by atoms with van der Waals surface area (Å²) in [5.41, 5.74) is 0.608. The number of hydrogen-bond donors (Lipinski definition) is 1. The number of rotatable bonds is 2. The molecule has 1 heteroatoms. The number of nitrogens with one attached hydrogen (secondary N) is 1. The van der Waals surface area contributed by atoms with E-state index in [-0.39, 0.29) is 0 Å². The normalized spacial score (nSPS) is 76.4. The Morgan fingerprint density at radius 3 is 2.31 bits per heavy atom. The van der Waals surface area contributed by atoms with Crippen molar-refractivity contribution < 1.29 is 0 Å². The lowest BCUT2D eigenvalue weighted by Crippen LogP contribution is -2.62. The first kappa shape index (κ1) is 7.28. The lowest BCUT2D eigenvalue weighted by atomic mass is 9.65. The molecule has 7 unspecified atom stereocenters. The molecule has 1 heterocycles. The standard InChI is InChI=1S/C12H19N/c1-5-6(2)7(5)4-8-9-10-11(9)13-12(8,10)3/h5-11,13H,4H2,1-3H3. The smallest absolute Gasteiger partial charge is 0.0234 e. The third-order valence-electron chi connectivity index (χ3n) is 6.05. The fourth-order valence-corrected chi connectivity index (χ4v) is 4.68. The van der Waals surface area contributed by atoms with Crippen molar-refractivity contribution in [1.82, 2.24) is 5.32 Å². The minimum Gasteiger partial charge on any atom is -0.307 e. The number of piperidine rings is 1. The van der Waals surface area contributed by atoms with E-state index in [0.717, 1.165) is 41.5 Å². The van der Waals surface area contributed by atoms with Crippen LogP contribution in [-0.4, -0.2) is 11.6 Å². The van der Waals surface area contributed by atoms with E-state index < -0.39 is 0 Å². The van der Waals surface area contributed by atoms with Gasteiger partial charge < -0.3 is 5.32 Å². The largest absolute Gasteiger partial charge is 0.307 e. The average molecular weight is 177 g/mol. The van der Waals surface area contributed by atoms with Gasteiger partial charge in [0.05, 0.1) is 0 Å². The third kappa shape index (κ3) is 0.587. The van der Waals surface area contributed by atoms with Crippen LogP contribution in [0, 0.1) is 35.5 Å². The first-order valence-corrected chi connectivity index (χ1v) is 5.92. The van der Waals surface area contributed by atoms with Crippen LogP contribution in [-0.2, 0) is 0 Å². The van der Waals surface area contributed by atoms with Crippen molar-refractivity contribution in [3.8, 4) is 0 Å². The van der Waals surface area contributed by atoms with Gasteiger partial charge in [-0.15, -0.1) is 0 Å². The lowest BCUT2D eigenvalue weighted by molar-refractivity contribution is 0.0605. The van der Waals surface area contributed by atoms with Crippen molar-refractivity contribution in [2.45, 2.75) is 38.8 Å². The third-order valence-corrected chi connectivity index (χ3v) is 6.05. The van der Waals surface area contributed by atoms with Crippen LogP contribution in [0.3, 0.4) is 0 Å². The van der Waals surface area contributed by atoms with E-state index in [2.05, 4.69) is 26.1 Å². The minimum absolute atomic E-state index is 0.608. The topological polar surface area (TPSA) is 12.0 Å². The summed E-state index contributed by atoms with van der Waals surface area (Å²) in [4.78, 5) is 0. The molecule has 0 aromatic heterocycles. The molecule has 13 heavy (non-hydrogen) atoms. The molecule has 1 nitrogen and oxygen atoms in total. The van der Waals surface area contributed by atoms with Crippen molar-refractivity contribution >= 4 is 0 Å². The Labute approximate surface area is 80.3 Å². The fraction of sp³-hybridized carbons (Fsp3) is 1.00. The van der Waals surface area contributed by atoms with Gasteiger partial charge in [-0.1, -0.05) is 13.8 Å². The Morgan fingerprint density at radius 2 is 1.92 bits per heavy atom. The Hall–Kier alpha value is -0.0400. The molecule has 1 saturated heterocycles. The monoisotopic (exact) mass is 177 g/mol. The summed E-state index contributed by atoms with van der Waals surface area (Å²) in [7, 11) is 0. The van der Waals surface area contributed by atoms with E-state index in [4.69, 9.17) is 0 Å². The van der Waals surface area contributed by atoms with Crippen LogP contribution >= 0.6 is 0 Å². The highest BCUT2D eigenvalue weighted by Crippen LogP contribution is 2.76. The van der Waals surface area contributed by atoms with Gasteiger partial charge in [0.2, 0.25) is 0 Å². The summed E-state index contributed by atoms with van der Waals surface area (Å²) in [6.07, 6.45) is 1.53. The molecule has 0 radical (unpaired) electrons. The van der Waals surface area contributed by atoms with Crippen molar-refractivity contribution in [1.29, 1.82) is 0 Å². The van der Waals surface area contributed by atoms with Crippen molar-refractivity contribution in [2.75, 3.05) is 0 Å². The zero-order chi connectivity index (χ0) is 8.96. The Bertz CT molecular complexity index is 279. The van der Waals surface area contributed by atoms with Crippen LogP contribution in [0.4, 0.5) is 0 Å². The molecule has 1 N–H and O–H groups in total. The molecule has 3 aliphatic carbocycles. The molecule has 72 valence electrons. The minimum atomic E-state index is 0.608. The van der Waals surface area contributed by atoms with Crippen LogP contribution in [0.2, 0.25) is 0 Å². The van der Waals surface area contributed by atoms with Crippen molar-refractivity contribution in [3.05, 3.63) is 0 Å². The molecular weight excluding hydrogens is 158 g/mol. The summed E-state index contributed by atoms with van der Waals surface area (Å²) in [6.45, 7) is 7.32. The second-order valence-electron chi connectivity index (χ2n) is 6.28. The predicted octanol–water partition coefficient (Wildman–Crippen LogP) is 1.88. The molecule has 1 aliphatic heterocycles. The molecule has 0 spiro atoms. The van der Waals surface area contributed by atoms with Crippen LogP contribution in [0.25, 0.3) is 0 Å². The maximum Gasteiger partial charge on any atom is 0.0234 e. The summed E-state index contributed by atoms with van der Waals surface area (Å²) < 4.78 is 0. The molecule has 3 saturated carbocycles. The second-order valence-corrected chi connectivity index (χ2v) is 6.28. The second kappa shape index (κ2) is 1.71. The summed E-state index contributed by atoms with van der Waals surface area (Å²) >= 11 is 0. The van der Waals surface area contributed by atoms with E-state index in [1.54, 1.807) is 0 Å². The molecule has 4 aliphatic rings. The van der Waals surface area contributed by atoms with Gasteiger partial charge in [0.1, 0.15) is 0 Å². The number of hydrogen-bond acceptors (Lipinski definition) is 1. The van der Waals surface area contributed by atoms with Gasteiger partial charge >= 0.3 is 0 Å². The molecule has 0 bridgehead atoms. The zero-order valence-electron chi connectivity index (χ0n) is 8.75. The van der Waals surface area contributed by atoms with E-state index in [1.807, 2.05) is 0 Å². The molecule has 7 atom stereocenters. The Kier molecular flexibility index (Phi) is 0.959. The van der Waals surface area contributed by atoms with Gasteiger partial charge in [-0.2, -0.15) is 0 Å². The first-order chi connectivity index (χ1) is 6.14. The van der Waals surface area contributed by atoms with Gasteiger partial charge in [-0.3, -0.25) is 0 Å². The quantitative estimate of drug-likeness (QED) is 0.679. The Balaban J connectivity index is 1.48. The first-order valence-electron chi connectivity index (χ1n) is 5.92. The maximum atomic E-state index is 3.74. The van der Waals surface area contributed by atoms with Gasteiger partial charge in [-0.05, 0) is 48.9 Å². The molecule has 0 aromatic carbocycles. The van der Waals surface area contributed by atoms with Gasteiger partial charge in [0.25, 0.3) is 0 Å². The molecule has 0 amide bonds. The summed E-state index contributed by atoms with van der Waals surface area (Å²) in [5.74, 6) is 6.41. The van der Waals surface area contributed by atoms with Crippen LogP contribution in [0.15, 0.2) is 0 Å². The van der Waals surface area contributed by atoms with E-state index in [9.17, 15) is 0 Å². The van der Waals surface area contributed by atoms with Crippen LogP contribution in [0.5, 0.6) is 0 Å². The van der Waals surface area contributed by atoms with Gasteiger partial charge in [-0.25, -0.2) is 0 Å². The highest BCUT2D eigenvalue weighted by molar-refractivity contribution is 5.39. The highest BCUT2D eigenvalue weighted by Gasteiger charge is 2.84. The summed E-state index contributed by atoms with van der Waals surface area (Å²) in [5, 5.41) is 3.74. The van der Waals surface area contributed by atoms with E-state index >= 15 is 0 Å². The predicted molar refractivity (Wildman–Crippen MR) is 52.2 cm³/mol. The molecular formula is C12H19N. The lowest BCUT2D eigenvalue weighted by Gasteiger charge is -2.49. The molecule has 4 fully saturated rings. The SMILES string of the molecule is CC1C(C)C1CC1C2C3NC1(C)C32. The van der Waals surface area contributed by atoms with Crippen LogP contribution in [0.1, 0.15) is 27.2 Å². The fourth-order valence-electron chi connectivity index (χ4n) is 4.68. The Morgan fingerprint density at radius 1 is 1.23 bits per heavy atom. The number of fused-ring (bicyclic) bond motifs is 1.